The van der Waals surface area contributed by atoms with Gasteiger partial charge >= 0.3 is 6.18 Å². The van der Waals surface area contributed by atoms with Gasteiger partial charge in [0, 0.05) is 31.6 Å². The lowest BCUT2D eigenvalue weighted by atomic mass is 10.4. The molecule has 0 unspecified atom stereocenters. The van der Waals surface area contributed by atoms with E-state index in [1.54, 1.807) is 0 Å². The monoisotopic (exact) mass is 281 g/mol. The molecule has 2 heterocycles. The molecule has 0 radical (unpaired) electrons. The molecule has 0 saturated carbocycles. The average molecular weight is 281 g/mol. The van der Waals surface area contributed by atoms with E-state index in [2.05, 4.69) is 15.2 Å². The average Bonchev–Trinajstić information content (AvgIpc) is 2.79. The van der Waals surface area contributed by atoms with E-state index < -0.39 is 11.9 Å². The van der Waals surface area contributed by atoms with Crippen molar-refractivity contribution < 1.29 is 17.9 Å². The van der Waals surface area contributed by atoms with Crippen molar-refractivity contribution >= 4 is 16.5 Å². The summed E-state index contributed by atoms with van der Waals surface area (Å²) in [6, 6.07) is 0. The fourth-order valence-electron chi connectivity index (χ4n) is 1.63. The van der Waals surface area contributed by atoms with Crippen molar-refractivity contribution in [3.8, 4) is 0 Å². The fourth-order valence-corrected chi connectivity index (χ4v) is 2.38. The SMILES string of the molecule is FC(F)(F)c1csc(NCCN2CCOCC2)n1. The minimum atomic E-state index is -4.36. The molecule has 1 aliphatic rings. The first kappa shape index (κ1) is 13.6. The first-order valence-corrected chi connectivity index (χ1v) is 6.50. The molecule has 1 aliphatic heterocycles. The number of halogens is 3. The maximum atomic E-state index is 12.3. The van der Waals surface area contributed by atoms with Crippen molar-refractivity contribution in [2.75, 3.05) is 44.7 Å². The number of hydrogen-bond donors (Lipinski definition) is 1. The second-order valence-corrected chi connectivity index (χ2v) is 4.77. The van der Waals surface area contributed by atoms with E-state index in [-0.39, 0.29) is 0 Å². The summed E-state index contributed by atoms with van der Waals surface area (Å²) in [5, 5.41) is 4.25. The van der Waals surface area contributed by atoms with Crippen LogP contribution in [-0.4, -0.2) is 49.3 Å². The standard InChI is InChI=1S/C10H14F3N3OS/c11-10(12,13)8-7-18-9(15-8)14-1-2-16-3-5-17-6-4-16/h7H,1-6H2,(H,14,15). The van der Waals surface area contributed by atoms with Crippen LogP contribution in [0.4, 0.5) is 18.3 Å². The Morgan fingerprint density at radius 2 is 2.11 bits per heavy atom. The van der Waals surface area contributed by atoms with Crippen LogP contribution < -0.4 is 5.32 Å². The van der Waals surface area contributed by atoms with Crippen LogP contribution in [0.3, 0.4) is 0 Å². The van der Waals surface area contributed by atoms with Gasteiger partial charge < -0.3 is 10.1 Å². The lowest BCUT2D eigenvalue weighted by Gasteiger charge is -2.26. The number of hydrogen-bond acceptors (Lipinski definition) is 5. The number of ether oxygens (including phenoxy) is 1. The third-order valence-electron chi connectivity index (χ3n) is 2.60. The van der Waals surface area contributed by atoms with Gasteiger partial charge in [0.25, 0.3) is 0 Å². The van der Waals surface area contributed by atoms with E-state index in [1.165, 1.54) is 0 Å². The summed E-state index contributed by atoms with van der Waals surface area (Å²) in [6.07, 6.45) is -4.36. The normalized spacial score (nSPS) is 17.9. The van der Waals surface area contributed by atoms with E-state index in [9.17, 15) is 13.2 Å². The summed E-state index contributed by atoms with van der Waals surface area (Å²) < 4.78 is 42.1. The minimum absolute atomic E-state index is 0.315. The zero-order chi connectivity index (χ0) is 13.0. The van der Waals surface area contributed by atoms with E-state index in [0.717, 1.165) is 49.6 Å². The van der Waals surface area contributed by atoms with Crippen molar-refractivity contribution in [2.24, 2.45) is 0 Å². The molecule has 0 aliphatic carbocycles. The Morgan fingerprint density at radius 1 is 1.39 bits per heavy atom. The summed E-state index contributed by atoms with van der Waals surface area (Å²) in [5.41, 5.74) is -0.832. The number of alkyl halides is 3. The maximum absolute atomic E-state index is 12.3. The van der Waals surface area contributed by atoms with E-state index in [1.807, 2.05) is 0 Å². The molecule has 0 aromatic carbocycles. The van der Waals surface area contributed by atoms with E-state index in [4.69, 9.17) is 4.74 Å². The van der Waals surface area contributed by atoms with Crippen LogP contribution in [0.1, 0.15) is 5.69 Å². The first-order chi connectivity index (χ1) is 8.55. The zero-order valence-electron chi connectivity index (χ0n) is 9.66. The molecular formula is C10H14F3N3OS. The Bertz CT molecular complexity index is 377. The molecule has 18 heavy (non-hydrogen) atoms. The molecule has 1 fully saturated rings. The molecule has 1 saturated heterocycles. The Kier molecular flexibility index (Phi) is 4.41. The van der Waals surface area contributed by atoms with Crippen molar-refractivity contribution in [2.45, 2.75) is 6.18 Å². The molecule has 0 amide bonds. The highest BCUT2D eigenvalue weighted by Crippen LogP contribution is 2.31. The van der Waals surface area contributed by atoms with Gasteiger partial charge in [-0.25, -0.2) is 4.98 Å². The smallest absolute Gasteiger partial charge is 0.379 e. The lowest BCUT2D eigenvalue weighted by molar-refractivity contribution is -0.140. The van der Waals surface area contributed by atoms with Crippen molar-refractivity contribution in [3.05, 3.63) is 11.1 Å². The summed E-state index contributed by atoms with van der Waals surface area (Å²) >= 11 is 0.978. The van der Waals surface area contributed by atoms with Crippen LogP contribution in [0.5, 0.6) is 0 Å². The Balaban J connectivity index is 1.74. The summed E-state index contributed by atoms with van der Waals surface area (Å²) in [6.45, 7) is 4.54. The second-order valence-electron chi connectivity index (χ2n) is 3.92. The molecular weight excluding hydrogens is 267 g/mol. The number of nitrogens with zero attached hydrogens (tertiary/aromatic N) is 2. The van der Waals surface area contributed by atoms with Crippen LogP contribution in [0.15, 0.2) is 5.38 Å². The van der Waals surface area contributed by atoms with Crippen LogP contribution >= 0.6 is 11.3 Å². The maximum Gasteiger partial charge on any atom is 0.434 e. The van der Waals surface area contributed by atoms with Crippen molar-refractivity contribution in [3.63, 3.8) is 0 Å². The minimum Gasteiger partial charge on any atom is -0.379 e. The van der Waals surface area contributed by atoms with Gasteiger partial charge in [0.2, 0.25) is 0 Å². The molecule has 0 atom stereocenters. The quantitative estimate of drug-likeness (QED) is 0.915. The number of anilines is 1. The number of rotatable bonds is 4. The zero-order valence-corrected chi connectivity index (χ0v) is 10.5. The van der Waals surface area contributed by atoms with Gasteiger partial charge in [-0.3, -0.25) is 4.90 Å². The predicted molar refractivity (Wildman–Crippen MR) is 62.9 cm³/mol. The second kappa shape index (κ2) is 5.85. The Labute approximate surface area is 107 Å². The van der Waals surface area contributed by atoms with Gasteiger partial charge in [-0.15, -0.1) is 11.3 Å². The molecule has 2 rings (SSSR count). The number of aromatic nitrogens is 1. The topological polar surface area (TPSA) is 37.4 Å². The summed E-state index contributed by atoms with van der Waals surface area (Å²) in [7, 11) is 0. The third kappa shape index (κ3) is 3.82. The molecule has 102 valence electrons. The van der Waals surface area contributed by atoms with Crippen molar-refractivity contribution in [1.82, 2.24) is 9.88 Å². The highest BCUT2D eigenvalue weighted by Gasteiger charge is 2.33. The summed E-state index contributed by atoms with van der Waals surface area (Å²) in [5.74, 6) is 0. The first-order valence-electron chi connectivity index (χ1n) is 5.62. The van der Waals surface area contributed by atoms with E-state index >= 15 is 0 Å². The molecule has 1 aromatic rings. The van der Waals surface area contributed by atoms with Crippen LogP contribution in [0, 0.1) is 0 Å². The predicted octanol–water partition coefficient (Wildman–Crippen LogP) is 1.91. The van der Waals surface area contributed by atoms with Gasteiger partial charge in [0.05, 0.1) is 13.2 Å². The third-order valence-corrected chi connectivity index (χ3v) is 3.40. The van der Waals surface area contributed by atoms with Crippen LogP contribution in [0.25, 0.3) is 0 Å². The van der Waals surface area contributed by atoms with Crippen LogP contribution in [-0.2, 0) is 10.9 Å². The highest BCUT2D eigenvalue weighted by molar-refractivity contribution is 7.13. The van der Waals surface area contributed by atoms with Gasteiger partial charge in [-0.2, -0.15) is 13.2 Å². The Morgan fingerprint density at radius 3 is 2.72 bits per heavy atom. The Hall–Kier alpha value is -0.860. The van der Waals surface area contributed by atoms with Gasteiger partial charge in [-0.1, -0.05) is 0 Å². The molecule has 4 nitrogen and oxygen atoms in total. The van der Waals surface area contributed by atoms with Gasteiger partial charge in [0.15, 0.2) is 10.8 Å². The van der Waals surface area contributed by atoms with Gasteiger partial charge in [0.1, 0.15) is 0 Å². The molecule has 0 bridgehead atoms. The summed E-state index contributed by atoms with van der Waals surface area (Å²) in [4.78, 5) is 5.71. The van der Waals surface area contributed by atoms with Crippen LogP contribution in [0.2, 0.25) is 0 Å². The largest absolute Gasteiger partial charge is 0.434 e. The highest BCUT2D eigenvalue weighted by atomic mass is 32.1. The molecule has 1 aromatic heterocycles. The van der Waals surface area contributed by atoms with Crippen molar-refractivity contribution in [1.29, 1.82) is 0 Å². The van der Waals surface area contributed by atoms with Gasteiger partial charge in [-0.05, 0) is 0 Å². The number of thiazole rings is 1. The van der Waals surface area contributed by atoms with E-state index in [0.29, 0.717) is 11.7 Å². The lowest BCUT2D eigenvalue weighted by Crippen LogP contribution is -2.39. The number of morpholine rings is 1. The number of nitrogens with one attached hydrogen (secondary N) is 1. The molecule has 8 heteroatoms. The fraction of sp³-hybridized carbons (Fsp3) is 0.700. The molecule has 1 N–H and O–H groups in total. The molecule has 0 spiro atoms.